The van der Waals surface area contributed by atoms with Crippen molar-refractivity contribution in [1.82, 2.24) is 0 Å². The van der Waals surface area contributed by atoms with Crippen molar-refractivity contribution in [2.45, 2.75) is 51.7 Å². The summed E-state index contributed by atoms with van der Waals surface area (Å²) in [6.07, 6.45) is 5.64. The first-order valence-electron chi connectivity index (χ1n) is 7.29. The number of nitrogens with two attached hydrogens (primary N) is 1. The number of rotatable bonds is 6. The summed E-state index contributed by atoms with van der Waals surface area (Å²) in [5, 5.41) is 10.0. The highest BCUT2D eigenvalue weighted by Crippen LogP contribution is 2.29. The van der Waals surface area contributed by atoms with Crippen molar-refractivity contribution in [2.24, 2.45) is 11.7 Å². The fourth-order valence-electron chi connectivity index (χ4n) is 2.89. The average molecular weight is 263 g/mol. The van der Waals surface area contributed by atoms with Gasteiger partial charge in [-0.1, -0.05) is 43.4 Å². The van der Waals surface area contributed by atoms with Crippen LogP contribution < -0.4 is 10.5 Å². The van der Waals surface area contributed by atoms with Gasteiger partial charge in [0, 0.05) is 12.1 Å². The Morgan fingerprint density at radius 3 is 2.79 bits per heavy atom. The summed E-state index contributed by atoms with van der Waals surface area (Å²) >= 11 is 0. The molecule has 0 amide bonds. The molecule has 1 aromatic carbocycles. The Bertz CT molecular complexity index is 400. The van der Waals surface area contributed by atoms with Gasteiger partial charge in [-0.15, -0.1) is 0 Å². The molecule has 0 aromatic heterocycles. The molecule has 0 aliphatic heterocycles. The summed E-state index contributed by atoms with van der Waals surface area (Å²) in [7, 11) is 0. The molecule has 1 saturated carbocycles. The summed E-state index contributed by atoms with van der Waals surface area (Å²) in [5.41, 5.74) is 7.90. The Hall–Kier alpha value is -1.06. The predicted molar refractivity (Wildman–Crippen MR) is 77.1 cm³/mol. The van der Waals surface area contributed by atoms with Crippen LogP contribution in [0.25, 0.3) is 0 Å². The Morgan fingerprint density at radius 2 is 2.11 bits per heavy atom. The zero-order valence-electron chi connectivity index (χ0n) is 11.8. The number of benzene rings is 1. The molecule has 3 heteroatoms. The third-order valence-corrected chi connectivity index (χ3v) is 3.95. The van der Waals surface area contributed by atoms with Gasteiger partial charge in [-0.25, -0.2) is 0 Å². The van der Waals surface area contributed by atoms with Gasteiger partial charge in [0.25, 0.3) is 0 Å². The van der Waals surface area contributed by atoms with E-state index in [9.17, 15) is 5.11 Å². The van der Waals surface area contributed by atoms with E-state index < -0.39 is 0 Å². The van der Waals surface area contributed by atoms with Gasteiger partial charge in [0.15, 0.2) is 0 Å². The fraction of sp³-hybridized carbons (Fsp3) is 0.625. The van der Waals surface area contributed by atoms with E-state index in [2.05, 4.69) is 0 Å². The van der Waals surface area contributed by atoms with Crippen molar-refractivity contribution < 1.29 is 9.84 Å². The van der Waals surface area contributed by atoms with Gasteiger partial charge >= 0.3 is 0 Å². The second-order valence-electron chi connectivity index (χ2n) is 5.67. The first-order chi connectivity index (χ1) is 9.19. The maximum absolute atomic E-state index is 10.0. The molecule has 0 radical (unpaired) electrons. The van der Waals surface area contributed by atoms with Gasteiger partial charge in [-0.05, 0) is 25.3 Å². The molecule has 1 fully saturated rings. The fourth-order valence-corrected chi connectivity index (χ4v) is 2.89. The van der Waals surface area contributed by atoms with Gasteiger partial charge in [0.05, 0.1) is 6.10 Å². The van der Waals surface area contributed by atoms with Crippen LogP contribution in [0.3, 0.4) is 0 Å². The highest BCUT2D eigenvalue weighted by Gasteiger charge is 2.19. The number of ether oxygens (including phenoxy) is 1. The molecule has 1 aliphatic carbocycles. The Morgan fingerprint density at radius 1 is 1.37 bits per heavy atom. The van der Waals surface area contributed by atoms with E-state index in [1.54, 1.807) is 0 Å². The lowest BCUT2D eigenvalue weighted by Crippen LogP contribution is -2.21. The monoisotopic (exact) mass is 263 g/mol. The molecule has 0 heterocycles. The van der Waals surface area contributed by atoms with E-state index in [1.165, 1.54) is 31.2 Å². The van der Waals surface area contributed by atoms with Crippen molar-refractivity contribution >= 4 is 0 Å². The predicted octanol–water partition coefficient (Wildman–Crippen LogP) is 2.77. The van der Waals surface area contributed by atoms with Crippen LogP contribution >= 0.6 is 0 Å². The number of hydrogen-bond acceptors (Lipinski definition) is 3. The molecule has 106 valence electrons. The van der Waals surface area contributed by atoms with Crippen LogP contribution in [0.4, 0.5) is 0 Å². The second kappa shape index (κ2) is 6.92. The van der Waals surface area contributed by atoms with E-state index in [4.69, 9.17) is 10.5 Å². The third kappa shape index (κ3) is 4.22. The third-order valence-electron chi connectivity index (χ3n) is 3.95. The molecule has 0 spiro atoms. The highest BCUT2D eigenvalue weighted by molar-refractivity contribution is 5.36. The smallest absolute Gasteiger partial charge is 0.123 e. The highest BCUT2D eigenvalue weighted by atomic mass is 16.5. The first-order valence-corrected chi connectivity index (χ1v) is 7.29. The van der Waals surface area contributed by atoms with Gasteiger partial charge in [-0.2, -0.15) is 0 Å². The molecule has 1 aromatic rings. The van der Waals surface area contributed by atoms with Crippen molar-refractivity contribution in [2.75, 3.05) is 6.61 Å². The van der Waals surface area contributed by atoms with E-state index >= 15 is 0 Å². The normalized spacial score (nSPS) is 17.6. The molecule has 3 nitrogen and oxygen atoms in total. The van der Waals surface area contributed by atoms with Crippen molar-refractivity contribution in [1.29, 1.82) is 0 Å². The number of hydrogen-bond donors (Lipinski definition) is 2. The van der Waals surface area contributed by atoms with E-state index in [0.29, 0.717) is 19.1 Å². The molecular weight excluding hydrogens is 238 g/mol. The minimum Gasteiger partial charge on any atom is -0.491 e. The molecule has 19 heavy (non-hydrogen) atoms. The largest absolute Gasteiger partial charge is 0.491 e. The Balaban J connectivity index is 1.83. The zero-order chi connectivity index (χ0) is 13.7. The lowest BCUT2D eigenvalue weighted by Gasteiger charge is -2.17. The maximum atomic E-state index is 10.0. The molecule has 3 N–H and O–H groups in total. The van der Waals surface area contributed by atoms with Crippen molar-refractivity contribution in [3.8, 4) is 5.75 Å². The number of aryl methyl sites for hydroxylation is 1. The molecule has 2 rings (SSSR count). The topological polar surface area (TPSA) is 55.5 Å². The lowest BCUT2D eigenvalue weighted by atomic mass is 10.0. The van der Waals surface area contributed by atoms with Crippen LogP contribution in [0, 0.1) is 12.8 Å². The van der Waals surface area contributed by atoms with Crippen LogP contribution in [-0.4, -0.2) is 17.8 Å². The van der Waals surface area contributed by atoms with Crippen LogP contribution in [0.5, 0.6) is 5.75 Å². The van der Waals surface area contributed by atoms with Crippen LogP contribution in [0.15, 0.2) is 18.2 Å². The minimum atomic E-state index is -0.366. The Labute approximate surface area is 115 Å². The van der Waals surface area contributed by atoms with Gasteiger partial charge < -0.3 is 15.6 Å². The van der Waals surface area contributed by atoms with Gasteiger partial charge in [0.2, 0.25) is 0 Å². The molecule has 0 saturated heterocycles. The first kappa shape index (κ1) is 14.4. The molecule has 1 atom stereocenters. The quantitative estimate of drug-likeness (QED) is 0.829. The van der Waals surface area contributed by atoms with Crippen LogP contribution in [0.2, 0.25) is 0 Å². The summed E-state index contributed by atoms with van der Waals surface area (Å²) in [4.78, 5) is 0. The van der Waals surface area contributed by atoms with Gasteiger partial charge in [0.1, 0.15) is 12.4 Å². The SMILES string of the molecule is Cc1ccc(OCC(O)CC2CCCC2)c(CN)c1. The summed E-state index contributed by atoms with van der Waals surface area (Å²) in [6.45, 7) is 2.88. The van der Waals surface area contributed by atoms with Crippen LogP contribution in [-0.2, 0) is 6.54 Å². The average Bonchev–Trinajstić information content (AvgIpc) is 2.90. The van der Waals surface area contributed by atoms with E-state index in [1.807, 2.05) is 25.1 Å². The minimum absolute atomic E-state index is 0.366. The van der Waals surface area contributed by atoms with E-state index in [-0.39, 0.29) is 6.10 Å². The number of aliphatic hydroxyl groups is 1. The molecule has 1 aliphatic rings. The standard InChI is InChI=1S/C16H25NO2/c1-12-6-7-16(14(8-12)10-17)19-11-15(18)9-13-4-2-3-5-13/h6-8,13,15,18H,2-5,9-11,17H2,1H3. The molecular formula is C16H25NO2. The summed E-state index contributed by atoms with van der Waals surface area (Å²) < 4.78 is 5.73. The van der Waals surface area contributed by atoms with Gasteiger partial charge in [-0.3, -0.25) is 0 Å². The molecule has 1 unspecified atom stereocenters. The van der Waals surface area contributed by atoms with E-state index in [0.717, 1.165) is 17.7 Å². The van der Waals surface area contributed by atoms with Crippen LogP contribution in [0.1, 0.15) is 43.2 Å². The summed E-state index contributed by atoms with van der Waals surface area (Å²) in [5.74, 6) is 1.49. The Kier molecular flexibility index (Phi) is 5.23. The second-order valence-corrected chi connectivity index (χ2v) is 5.67. The van der Waals surface area contributed by atoms with Crippen molar-refractivity contribution in [3.05, 3.63) is 29.3 Å². The maximum Gasteiger partial charge on any atom is 0.123 e. The lowest BCUT2D eigenvalue weighted by molar-refractivity contribution is 0.0851. The summed E-state index contributed by atoms with van der Waals surface area (Å²) in [6, 6.07) is 6.00. The molecule has 0 bridgehead atoms. The van der Waals surface area contributed by atoms with Crippen molar-refractivity contribution in [3.63, 3.8) is 0 Å². The number of aliphatic hydroxyl groups excluding tert-OH is 1. The zero-order valence-corrected chi connectivity index (χ0v) is 11.8.